The number of amides is 1. The highest BCUT2D eigenvalue weighted by Crippen LogP contribution is 2.22. The second-order valence-electron chi connectivity index (χ2n) is 5.03. The fourth-order valence-corrected chi connectivity index (χ4v) is 2.52. The predicted molar refractivity (Wildman–Crippen MR) is 86.9 cm³/mol. The van der Waals surface area contributed by atoms with Crippen molar-refractivity contribution in [2.75, 3.05) is 5.32 Å². The molecule has 130 valence electrons. The van der Waals surface area contributed by atoms with Crippen molar-refractivity contribution in [2.45, 2.75) is 13.1 Å². The molecule has 2 heterocycles. The van der Waals surface area contributed by atoms with Crippen LogP contribution < -0.4 is 5.32 Å². The third-order valence-corrected chi connectivity index (χ3v) is 3.86. The highest BCUT2D eigenvalue weighted by atomic mass is 79.9. The molecule has 0 saturated heterocycles. The first-order chi connectivity index (χ1) is 11.9. The summed E-state index contributed by atoms with van der Waals surface area (Å²) in [7, 11) is 0. The molecule has 0 aliphatic carbocycles. The zero-order valence-corrected chi connectivity index (χ0v) is 14.1. The van der Waals surface area contributed by atoms with E-state index >= 15 is 0 Å². The summed E-state index contributed by atoms with van der Waals surface area (Å²) in [6, 6.07) is 7.43. The molecular weight excluding hydrogens is 403 g/mol. The van der Waals surface area contributed by atoms with E-state index in [1.165, 1.54) is 16.8 Å². The number of alkyl halides is 2. The minimum absolute atomic E-state index is 0.168. The number of halogens is 4. The zero-order valence-electron chi connectivity index (χ0n) is 12.5. The van der Waals surface area contributed by atoms with Gasteiger partial charge in [-0.15, -0.1) is 0 Å². The highest BCUT2D eigenvalue weighted by Gasteiger charge is 2.16. The third kappa shape index (κ3) is 3.90. The van der Waals surface area contributed by atoms with Gasteiger partial charge in [-0.2, -0.15) is 19.0 Å². The van der Waals surface area contributed by atoms with Crippen LogP contribution in [0.3, 0.4) is 0 Å². The summed E-state index contributed by atoms with van der Waals surface area (Å²) in [6.45, 7) is -2.66. The monoisotopic (exact) mass is 413 g/mol. The average molecular weight is 414 g/mol. The van der Waals surface area contributed by atoms with Crippen molar-refractivity contribution in [2.24, 2.45) is 0 Å². The Morgan fingerprint density at radius 3 is 2.68 bits per heavy atom. The lowest BCUT2D eigenvalue weighted by molar-refractivity contribution is 0.0561. The first-order valence-electron chi connectivity index (χ1n) is 7.05. The Hall–Kier alpha value is -2.62. The van der Waals surface area contributed by atoms with E-state index in [1.807, 2.05) is 0 Å². The van der Waals surface area contributed by atoms with E-state index < -0.39 is 12.5 Å². The Morgan fingerprint density at radius 2 is 2.00 bits per heavy atom. The average Bonchev–Trinajstić information content (AvgIpc) is 3.17. The van der Waals surface area contributed by atoms with E-state index in [2.05, 4.69) is 31.4 Å². The van der Waals surface area contributed by atoms with E-state index in [0.29, 0.717) is 14.7 Å². The molecule has 10 heteroatoms. The number of carbonyl (C=O) groups is 1. The molecule has 0 unspecified atom stereocenters. The Balaban J connectivity index is 1.74. The van der Waals surface area contributed by atoms with Crippen molar-refractivity contribution in [1.29, 1.82) is 0 Å². The first kappa shape index (κ1) is 17.2. The lowest BCUT2D eigenvalue weighted by Crippen LogP contribution is -2.14. The molecule has 0 aliphatic heterocycles. The highest BCUT2D eigenvalue weighted by molar-refractivity contribution is 9.10. The summed E-state index contributed by atoms with van der Waals surface area (Å²) in [6.07, 6.45) is 2.57. The number of hydrogen-bond donors (Lipinski definition) is 1. The van der Waals surface area contributed by atoms with Crippen LogP contribution in [0.5, 0.6) is 0 Å². The van der Waals surface area contributed by atoms with Crippen molar-refractivity contribution in [3.05, 3.63) is 64.3 Å². The number of rotatable bonds is 5. The molecule has 1 N–H and O–H groups in total. The largest absolute Gasteiger partial charge is 0.333 e. The summed E-state index contributed by atoms with van der Waals surface area (Å²) in [5.41, 5.74) is 0.266. The van der Waals surface area contributed by atoms with Gasteiger partial charge in [-0.05, 0) is 28.1 Å². The molecular formula is C15H11BrF3N5O. The Labute approximate surface area is 148 Å². The quantitative estimate of drug-likeness (QED) is 0.693. The number of nitrogens with zero attached hydrogens (tertiary/aromatic N) is 4. The first-order valence-corrected chi connectivity index (χ1v) is 7.84. The van der Waals surface area contributed by atoms with Gasteiger partial charge in [-0.3, -0.25) is 9.48 Å². The van der Waals surface area contributed by atoms with Gasteiger partial charge in [0, 0.05) is 18.0 Å². The molecule has 0 atom stereocenters. The van der Waals surface area contributed by atoms with Crippen LogP contribution >= 0.6 is 15.9 Å². The van der Waals surface area contributed by atoms with Gasteiger partial charge < -0.3 is 5.32 Å². The summed E-state index contributed by atoms with van der Waals surface area (Å²) < 4.78 is 41.0. The fourth-order valence-electron chi connectivity index (χ4n) is 2.10. The van der Waals surface area contributed by atoms with Crippen LogP contribution in [0, 0.1) is 5.82 Å². The molecule has 0 spiro atoms. The van der Waals surface area contributed by atoms with Crippen LogP contribution in [0.25, 0.3) is 0 Å². The van der Waals surface area contributed by atoms with E-state index in [9.17, 15) is 18.0 Å². The van der Waals surface area contributed by atoms with Crippen molar-refractivity contribution in [3.63, 3.8) is 0 Å². The number of carbonyl (C=O) groups excluding carboxylic acids is 1. The van der Waals surface area contributed by atoms with Crippen LogP contribution in [0.15, 0.2) is 47.2 Å². The van der Waals surface area contributed by atoms with E-state index in [-0.39, 0.29) is 23.9 Å². The molecule has 0 fully saturated rings. The lowest BCUT2D eigenvalue weighted by Gasteiger charge is -2.03. The minimum atomic E-state index is -2.83. The van der Waals surface area contributed by atoms with Gasteiger partial charge in [-0.25, -0.2) is 9.07 Å². The number of aromatic nitrogens is 4. The van der Waals surface area contributed by atoms with Crippen LogP contribution in [0.1, 0.15) is 22.6 Å². The normalized spacial score (nSPS) is 11.1. The predicted octanol–water partition coefficient (Wildman–Crippen LogP) is 3.68. The van der Waals surface area contributed by atoms with E-state index in [1.54, 1.807) is 24.4 Å². The molecule has 2 aromatic heterocycles. The summed E-state index contributed by atoms with van der Waals surface area (Å²) in [5, 5.41) is 10.1. The number of hydrogen-bond acceptors (Lipinski definition) is 3. The number of nitrogens with one attached hydrogen (secondary N) is 1. The van der Waals surface area contributed by atoms with Gasteiger partial charge in [0.05, 0.1) is 11.0 Å². The SMILES string of the molecule is O=C(Nc1nn(Cc2ccccc2F)cc1Br)c1ccn(C(F)F)n1. The lowest BCUT2D eigenvalue weighted by atomic mass is 10.2. The van der Waals surface area contributed by atoms with Crippen molar-refractivity contribution in [3.8, 4) is 0 Å². The molecule has 0 bridgehead atoms. The van der Waals surface area contributed by atoms with Gasteiger partial charge in [-0.1, -0.05) is 18.2 Å². The maximum Gasteiger partial charge on any atom is 0.333 e. The van der Waals surface area contributed by atoms with Gasteiger partial charge >= 0.3 is 6.55 Å². The molecule has 1 amide bonds. The molecule has 0 aliphatic rings. The van der Waals surface area contributed by atoms with Crippen LogP contribution in [-0.2, 0) is 6.54 Å². The summed E-state index contributed by atoms with van der Waals surface area (Å²) in [4.78, 5) is 12.1. The van der Waals surface area contributed by atoms with Gasteiger partial charge in [0.1, 0.15) is 5.82 Å². The van der Waals surface area contributed by atoms with Gasteiger partial charge in [0.15, 0.2) is 11.5 Å². The maximum atomic E-state index is 13.7. The molecule has 3 aromatic rings. The Morgan fingerprint density at radius 1 is 1.24 bits per heavy atom. The molecule has 1 aromatic carbocycles. The Bertz CT molecular complexity index is 908. The molecule has 3 rings (SSSR count). The second kappa shape index (κ2) is 7.09. The molecule has 0 radical (unpaired) electrons. The molecule has 0 saturated carbocycles. The van der Waals surface area contributed by atoms with Gasteiger partial charge in [0.2, 0.25) is 0 Å². The van der Waals surface area contributed by atoms with Crippen molar-refractivity contribution >= 4 is 27.7 Å². The second-order valence-corrected chi connectivity index (χ2v) is 5.88. The minimum Gasteiger partial charge on any atom is -0.303 e. The van der Waals surface area contributed by atoms with Crippen LogP contribution in [-0.4, -0.2) is 25.5 Å². The van der Waals surface area contributed by atoms with Crippen LogP contribution in [0.4, 0.5) is 19.0 Å². The smallest absolute Gasteiger partial charge is 0.303 e. The number of anilines is 1. The molecule has 6 nitrogen and oxygen atoms in total. The molecule has 25 heavy (non-hydrogen) atoms. The van der Waals surface area contributed by atoms with Crippen molar-refractivity contribution in [1.82, 2.24) is 19.6 Å². The Kier molecular flexibility index (Phi) is 4.88. The topological polar surface area (TPSA) is 64.7 Å². The van der Waals surface area contributed by atoms with Crippen molar-refractivity contribution < 1.29 is 18.0 Å². The summed E-state index contributed by atoms with van der Waals surface area (Å²) in [5.74, 6) is -0.874. The van der Waals surface area contributed by atoms with E-state index in [4.69, 9.17) is 0 Å². The zero-order chi connectivity index (χ0) is 18.0. The van der Waals surface area contributed by atoms with E-state index in [0.717, 1.165) is 6.20 Å². The van der Waals surface area contributed by atoms with Gasteiger partial charge in [0.25, 0.3) is 5.91 Å². The maximum absolute atomic E-state index is 13.7. The standard InChI is InChI=1S/C15H11BrF3N5O/c16-10-8-23(7-9-3-1-2-4-11(9)17)22-13(10)20-14(25)12-5-6-24(21-12)15(18)19/h1-6,8,15H,7H2,(H,20,22,25). The summed E-state index contributed by atoms with van der Waals surface area (Å²) >= 11 is 3.24. The van der Waals surface area contributed by atoms with Crippen LogP contribution in [0.2, 0.25) is 0 Å². The third-order valence-electron chi connectivity index (χ3n) is 3.28. The number of benzene rings is 1. The fraction of sp³-hybridized carbons (Fsp3) is 0.133.